The van der Waals surface area contributed by atoms with Crippen LogP contribution in [0.5, 0.6) is 0 Å². The van der Waals surface area contributed by atoms with Gasteiger partial charge in [-0.3, -0.25) is 4.79 Å². The molecule has 88 valence electrons. The molecule has 1 amide bonds. The van der Waals surface area contributed by atoms with Crippen LogP contribution < -0.4 is 0 Å². The summed E-state index contributed by atoms with van der Waals surface area (Å²) in [7, 11) is 0. The molecule has 0 saturated carbocycles. The van der Waals surface area contributed by atoms with Gasteiger partial charge in [0.25, 0.3) is 5.91 Å². The predicted octanol–water partition coefficient (Wildman–Crippen LogP) is 3.07. The van der Waals surface area contributed by atoms with E-state index in [0.717, 1.165) is 19.4 Å². The first-order valence-corrected chi connectivity index (χ1v) is 5.99. The molecule has 1 rings (SSSR count). The maximum atomic E-state index is 11.2. The Hall–Kier alpha value is -0.970. The van der Waals surface area contributed by atoms with Crippen molar-refractivity contribution in [2.24, 2.45) is 0 Å². The van der Waals surface area contributed by atoms with Crippen molar-refractivity contribution in [1.29, 1.82) is 0 Å². The number of likely N-dealkylation sites (tertiary alicyclic amines) is 1. The molecular formula is C13H25NO. The van der Waals surface area contributed by atoms with Gasteiger partial charge >= 0.3 is 0 Å². The molecule has 1 aliphatic heterocycles. The second-order valence-electron chi connectivity index (χ2n) is 2.86. The Balaban J connectivity index is 0. The molecule has 15 heavy (non-hydrogen) atoms. The van der Waals surface area contributed by atoms with E-state index in [1.807, 2.05) is 32.6 Å². The second-order valence-corrected chi connectivity index (χ2v) is 2.86. The van der Waals surface area contributed by atoms with Crippen LogP contribution in [0.25, 0.3) is 0 Å². The average Bonchev–Trinajstić information content (AvgIpc) is 2.71. The van der Waals surface area contributed by atoms with Crippen molar-refractivity contribution in [3.05, 3.63) is 0 Å². The number of carbonyl (C=O) groups excluding carboxylic acids is 1. The molecule has 1 heterocycles. The van der Waals surface area contributed by atoms with Crippen LogP contribution in [0.4, 0.5) is 0 Å². The van der Waals surface area contributed by atoms with Crippen LogP contribution >= 0.6 is 0 Å². The molecule has 1 fully saturated rings. The first-order valence-electron chi connectivity index (χ1n) is 5.99. The van der Waals surface area contributed by atoms with Crippen molar-refractivity contribution < 1.29 is 4.79 Å². The van der Waals surface area contributed by atoms with Gasteiger partial charge in [-0.05, 0) is 32.6 Å². The highest BCUT2D eigenvalue weighted by Gasteiger charge is 2.23. The van der Waals surface area contributed by atoms with Crippen molar-refractivity contribution in [3.8, 4) is 11.8 Å². The summed E-state index contributed by atoms with van der Waals surface area (Å²) < 4.78 is 0. The predicted molar refractivity (Wildman–Crippen MR) is 66.6 cm³/mol. The van der Waals surface area contributed by atoms with E-state index in [1.54, 1.807) is 6.92 Å². The normalized spacial score (nSPS) is 17.5. The fourth-order valence-corrected chi connectivity index (χ4v) is 1.41. The molecule has 1 aliphatic rings. The summed E-state index contributed by atoms with van der Waals surface area (Å²) >= 11 is 0. The standard InChI is InChI=1S/C9H13NO.2C2H6/c1-3-5-9(11)10-7-4-6-8(10)2;2*1-2/h8H,4,6-7H2,1-2H3;2*1-2H3. The van der Waals surface area contributed by atoms with Crippen molar-refractivity contribution in [2.75, 3.05) is 6.54 Å². The van der Waals surface area contributed by atoms with E-state index in [-0.39, 0.29) is 5.91 Å². The second kappa shape index (κ2) is 11.1. The fourth-order valence-electron chi connectivity index (χ4n) is 1.41. The Kier molecular flexibility index (Phi) is 12.2. The number of hydrogen-bond acceptors (Lipinski definition) is 1. The smallest absolute Gasteiger partial charge is 0.298 e. The quantitative estimate of drug-likeness (QED) is 0.564. The Morgan fingerprint density at radius 3 is 2.13 bits per heavy atom. The first kappa shape index (κ1) is 16.5. The lowest BCUT2D eigenvalue weighted by Gasteiger charge is -2.17. The molecule has 0 aromatic carbocycles. The highest BCUT2D eigenvalue weighted by Crippen LogP contribution is 2.15. The highest BCUT2D eigenvalue weighted by molar-refractivity contribution is 5.93. The van der Waals surface area contributed by atoms with Crippen LogP contribution in [-0.2, 0) is 4.79 Å². The SMILES string of the molecule is CC.CC.CC#CC(=O)N1CCCC1C. The van der Waals surface area contributed by atoms with E-state index in [0.29, 0.717) is 6.04 Å². The maximum Gasteiger partial charge on any atom is 0.298 e. The molecule has 0 aromatic rings. The zero-order valence-electron chi connectivity index (χ0n) is 11.1. The van der Waals surface area contributed by atoms with E-state index < -0.39 is 0 Å². The highest BCUT2D eigenvalue weighted by atomic mass is 16.2. The third kappa shape index (κ3) is 6.17. The molecule has 0 bridgehead atoms. The van der Waals surface area contributed by atoms with Gasteiger partial charge in [-0.1, -0.05) is 33.6 Å². The van der Waals surface area contributed by atoms with Gasteiger partial charge in [0.05, 0.1) is 0 Å². The molecule has 0 aliphatic carbocycles. The Morgan fingerprint density at radius 1 is 1.27 bits per heavy atom. The van der Waals surface area contributed by atoms with E-state index in [2.05, 4.69) is 18.8 Å². The summed E-state index contributed by atoms with van der Waals surface area (Å²) in [6.45, 7) is 12.6. The number of amides is 1. The van der Waals surface area contributed by atoms with Gasteiger partial charge in [0, 0.05) is 12.6 Å². The summed E-state index contributed by atoms with van der Waals surface area (Å²) in [6.07, 6.45) is 2.25. The van der Waals surface area contributed by atoms with Crippen LogP contribution in [-0.4, -0.2) is 23.4 Å². The Bertz CT molecular complexity index is 212. The maximum absolute atomic E-state index is 11.2. The van der Waals surface area contributed by atoms with Gasteiger partial charge in [-0.15, -0.1) is 0 Å². The van der Waals surface area contributed by atoms with Crippen molar-refractivity contribution in [2.45, 2.75) is 60.4 Å². The largest absolute Gasteiger partial charge is 0.329 e. The third-order valence-corrected chi connectivity index (χ3v) is 2.05. The molecule has 0 N–H and O–H groups in total. The molecule has 2 heteroatoms. The summed E-state index contributed by atoms with van der Waals surface area (Å²) in [6, 6.07) is 0.392. The molecule has 0 radical (unpaired) electrons. The summed E-state index contributed by atoms with van der Waals surface area (Å²) in [4.78, 5) is 13.1. The van der Waals surface area contributed by atoms with Crippen LogP contribution in [0.15, 0.2) is 0 Å². The van der Waals surface area contributed by atoms with Crippen molar-refractivity contribution >= 4 is 5.91 Å². The summed E-state index contributed by atoms with van der Waals surface area (Å²) in [5.74, 6) is 5.16. The number of hydrogen-bond donors (Lipinski definition) is 0. The van der Waals surface area contributed by atoms with Gasteiger partial charge in [0.1, 0.15) is 0 Å². The van der Waals surface area contributed by atoms with Gasteiger partial charge in [-0.25, -0.2) is 0 Å². The van der Waals surface area contributed by atoms with E-state index >= 15 is 0 Å². The van der Waals surface area contributed by atoms with Gasteiger partial charge in [0.15, 0.2) is 0 Å². The van der Waals surface area contributed by atoms with Gasteiger partial charge in [-0.2, -0.15) is 0 Å². The zero-order valence-corrected chi connectivity index (χ0v) is 11.1. The zero-order chi connectivity index (χ0) is 12.3. The van der Waals surface area contributed by atoms with Crippen molar-refractivity contribution in [3.63, 3.8) is 0 Å². The minimum absolute atomic E-state index is 0.0162. The van der Waals surface area contributed by atoms with E-state index in [1.165, 1.54) is 0 Å². The first-order chi connectivity index (χ1) is 7.25. The molecule has 1 unspecified atom stereocenters. The van der Waals surface area contributed by atoms with Gasteiger partial charge < -0.3 is 4.90 Å². The van der Waals surface area contributed by atoms with Crippen LogP contribution in [0.3, 0.4) is 0 Å². The van der Waals surface area contributed by atoms with Crippen LogP contribution in [0.2, 0.25) is 0 Å². The lowest BCUT2D eigenvalue weighted by molar-refractivity contribution is -0.125. The van der Waals surface area contributed by atoms with Crippen LogP contribution in [0, 0.1) is 11.8 Å². The van der Waals surface area contributed by atoms with Crippen molar-refractivity contribution in [1.82, 2.24) is 4.90 Å². The monoisotopic (exact) mass is 211 g/mol. The minimum Gasteiger partial charge on any atom is -0.329 e. The molecule has 0 spiro atoms. The fraction of sp³-hybridized carbons (Fsp3) is 0.769. The third-order valence-electron chi connectivity index (χ3n) is 2.05. The van der Waals surface area contributed by atoms with E-state index in [4.69, 9.17) is 0 Å². The van der Waals surface area contributed by atoms with E-state index in [9.17, 15) is 4.79 Å². The number of carbonyl (C=O) groups is 1. The van der Waals surface area contributed by atoms with Crippen LogP contribution in [0.1, 0.15) is 54.4 Å². The summed E-state index contributed by atoms with van der Waals surface area (Å²) in [5, 5.41) is 0. The lowest BCUT2D eigenvalue weighted by atomic mass is 10.2. The minimum atomic E-state index is -0.0162. The number of rotatable bonds is 0. The molecular weight excluding hydrogens is 186 g/mol. The lowest BCUT2D eigenvalue weighted by Crippen LogP contribution is -2.32. The summed E-state index contributed by atoms with van der Waals surface area (Å²) in [5.41, 5.74) is 0. The topological polar surface area (TPSA) is 20.3 Å². The molecule has 0 aromatic heterocycles. The Labute approximate surface area is 95.0 Å². The van der Waals surface area contributed by atoms with Gasteiger partial charge in [0.2, 0.25) is 0 Å². The Morgan fingerprint density at radius 2 is 1.80 bits per heavy atom. The molecule has 1 atom stereocenters. The average molecular weight is 211 g/mol. The molecule has 2 nitrogen and oxygen atoms in total. The molecule has 1 saturated heterocycles. The number of nitrogens with zero attached hydrogens (tertiary/aromatic N) is 1.